The van der Waals surface area contributed by atoms with Crippen LogP contribution in [0.25, 0.3) is 6.08 Å². The Morgan fingerprint density at radius 2 is 1.78 bits per heavy atom. The summed E-state index contributed by atoms with van der Waals surface area (Å²) >= 11 is 0. The van der Waals surface area contributed by atoms with Gasteiger partial charge in [-0.3, -0.25) is 14.4 Å². The number of carbonyl (C=O) groups excluding carboxylic acids is 4. The maximum Gasteiger partial charge on any atom is 0.338 e. The van der Waals surface area contributed by atoms with Crippen LogP contribution >= 0.6 is 0 Å². The summed E-state index contributed by atoms with van der Waals surface area (Å²) in [5, 5.41) is 12.9. The number of hydrogen-bond acceptors (Lipinski definition) is 10. The van der Waals surface area contributed by atoms with E-state index in [1.807, 2.05) is 42.5 Å². The van der Waals surface area contributed by atoms with Crippen molar-refractivity contribution in [2.24, 2.45) is 5.92 Å². The van der Waals surface area contributed by atoms with Crippen LogP contribution in [0, 0.1) is 5.92 Å². The van der Waals surface area contributed by atoms with Gasteiger partial charge in [-0.15, -0.1) is 0 Å². The first kappa shape index (κ1) is 39.3. The fourth-order valence-electron chi connectivity index (χ4n) is 7.31. The molecule has 2 aliphatic carbocycles. The number of ether oxygens (including phenoxy) is 5. The molecule has 8 atom stereocenters. The molecule has 2 aromatic carbocycles. The minimum Gasteiger partial charge on any atom is -0.460 e. The van der Waals surface area contributed by atoms with Gasteiger partial charge in [-0.05, 0) is 81.7 Å². The molecule has 2 N–H and O–H groups in total. The molecule has 2 heterocycles. The van der Waals surface area contributed by atoms with Crippen molar-refractivity contribution in [3.8, 4) is 0 Å². The second kappa shape index (κ2) is 17.4. The van der Waals surface area contributed by atoms with Crippen LogP contribution in [-0.2, 0) is 44.5 Å². The summed E-state index contributed by atoms with van der Waals surface area (Å²) in [7, 11) is 1.55. The fourth-order valence-corrected chi connectivity index (χ4v) is 7.31. The highest BCUT2D eigenvalue weighted by atomic mass is 16.7. The third-order valence-corrected chi connectivity index (χ3v) is 10.3. The van der Waals surface area contributed by atoms with Crippen molar-refractivity contribution >= 4 is 29.8 Å². The molecule has 2 aromatic rings. The Bertz CT molecular complexity index is 1700. The molecule has 2 amide bonds. The van der Waals surface area contributed by atoms with Gasteiger partial charge in [0.05, 0.1) is 30.4 Å². The Balaban J connectivity index is 1.11. The molecular weight excluding hydrogens is 692 g/mol. The molecule has 8 unspecified atom stereocenters. The molecule has 0 bridgehead atoms. The number of epoxide rings is 1. The average Bonchev–Trinajstić information content (AvgIpc) is 3.77. The third kappa shape index (κ3) is 10.4. The number of rotatable bonds is 14. The molecule has 0 radical (unpaired) electrons. The van der Waals surface area contributed by atoms with Crippen LogP contribution in [0.1, 0.15) is 80.8 Å². The number of nitrogens with one attached hydrogen (secondary N) is 1. The van der Waals surface area contributed by atoms with Gasteiger partial charge in [0.2, 0.25) is 11.8 Å². The van der Waals surface area contributed by atoms with Gasteiger partial charge in [-0.1, -0.05) is 54.6 Å². The van der Waals surface area contributed by atoms with Crippen LogP contribution in [0.4, 0.5) is 0 Å². The number of aliphatic hydroxyl groups is 1. The lowest BCUT2D eigenvalue weighted by molar-refractivity contribution is -0.155. The first-order valence-electron chi connectivity index (χ1n) is 18.9. The van der Waals surface area contributed by atoms with E-state index in [1.165, 1.54) is 4.90 Å². The molecule has 6 rings (SSSR count). The Morgan fingerprint density at radius 1 is 1.02 bits per heavy atom. The van der Waals surface area contributed by atoms with Gasteiger partial charge in [-0.25, -0.2) is 4.79 Å². The fraction of sp³-hybridized carbons (Fsp3) is 0.524. The van der Waals surface area contributed by atoms with E-state index in [1.54, 1.807) is 46.0 Å². The zero-order valence-corrected chi connectivity index (χ0v) is 31.5. The van der Waals surface area contributed by atoms with Gasteiger partial charge in [0.25, 0.3) is 0 Å². The minimum atomic E-state index is -0.972. The molecule has 4 aliphatic rings. The number of nitrogens with zero attached hydrogens (tertiary/aromatic N) is 1. The van der Waals surface area contributed by atoms with E-state index < -0.39 is 66.4 Å². The summed E-state index contributed by atoms with van der Waals surface area (Å²) in [6.45, 7) is 4.89. The van der Waals surface area contributed by atoms with Crippen molar-refractivity contribution in [3.63, 3.8) is 0 Å². The lowest BCUT2D eigenvalue weighted by Gasteiger charge is -2.34. The van der Waals surface area contributed by atoms with E-state index in [0.717, 1.165) is 30.4 Å². The number of hydrogen-bond donors (Lipinski definition) is 2. The lowest BCUT2D eigenvalue weighted by Crippen LogP contribution is -2.53. The highest BCUT2D eigenvalue weighted by Gasteiger charge is 2.44. The molecular formula is C42H52N2O10. The predicted molar refractivity (Wildman–Crippen MR) is 199 cm³/mol. The zero-order valence-electron chi connectivity index (χ0n) is 31.5. The van der Waals surface area contributed by atoms with Gasteiger partial charge < -0.3 is 39.0 Å². The van der Waals surface area contributed by atoms with Gasteiger partial charge in [0.1, 0.15) is 36.7 Å². The molecule has 290 valence electrons. The molecule has 3 fully saturated rings. The van der Waals surface area contributed by atoms with Gasteiger partial charge in [-0.2, -0.15) is 0 Å². The molecule has 2 saturated heterocycles. The quantitative estimate of drug-likeness (QED) is 0.209. The number of fused-ring (bicyclic) bond motifs is 2. The number of likely N-dealkylation sites (N-methyl/N-ethyl adjacent to an activating group) is 1. The number of aliphatic hydroxyl groups excluding tert-OH is 1. The topological polar surface area (TPSA) is 153 Å². The second-order valence-corrected chi connectivity index (χ2v) is 15.6. The maximum absolute atomic E-state index is 14.2. The van der Waals surface area contributed by atoms with E-state index in [4.69, 9.17) is 23.7 Å². The molecule has 0 aromatic heterocycles. The van der Waals surface area contributed by atoms with Crippen LogP contribution in [0.2, 0.25) is 0 Å². The summed E-state index contributed by atoms with van der Waals surface area (Å²) in [5.41, 5.74) is 1.84. The normalized spacial score (nSPS) is 25.8. The van der Waals surface area contributed by atoms with Crippen LogP contribution in [0.3, 0.4) is 0 Å². The smallest absolute Gasteiger partial charge is 0.338 e. The van der Waals surface area contributed by atoms with Gasteiger partial charge in [0, 0.05) is 31.9 Å². The third-order valence-electron chi connectivity index (χ3n) is 10.3. The predicted octanol–water partition coefficient (Wildman–Crippen LogP) is 4.53. The number of benzene rings is 2. The summed E-state index contributed by atoms with van der Waals surface area (Å²) in [6, 6.07) is 14.8. The second-order valence-electron chi connectivity index (χ2n) is 15.6. The lowest BCUT2D eigenvalue weighted by atomic mass is 9.89. The summed E-state index contributed by atoms with van der Waals surface area (Å²) < 4.78 is 28.6. The van der Waals surface area contributed by atoms with Crippen molar-refractivity contribution in [1.29, 1.82) is 0 Å². The first-order valence-corrected chi connectivity index (χ1v) is 18.9. The Hall–Kier alpha value is -4.36. The molecule has 1 saturated carbocycles. The molecule has 54 heavy (non-hydrogen) atoms. The van der Waals surface area contributed by atoms with E-state index in [2.05, 4.69) is 17.5 Å². The number of esters is 2. The van der Waals surface area contributed by atoms with Crippen molar-refractivity contribution in [1.82, 2.24) is 10.2 Å². The number of carbonyl (C=O) groups is 4. The number of amides is 2. The molecule has 0 spiro atoms. The summed E-state index contributed by atoms with van der Waals surface area (Å²) in [6.07, 6.45) is 8.50. The van der Waals surface area contributed by atoms with E-state index in [0.29, 0.717) is 29.3 Å². The Morgan fingerprint density at radius 3 is 2.48 bits per heavy atom. The standard InChI is InChI=1S/C42H52N2O10/c1-42(2,3)54-37(46)19-17-31(24-45)43-39(47)32(20-27-8-6-5-7-9-27)44(4)40(48)30-22-35-38(51-25-50-35)36(23-30)53-41(49)29-15-12-26(13-16-29)10-11-28-14-18-33-34(21-28)52-33/h5-13,15-16,22,28,31-36,38,45H,14,17-21,23-25H2,1-4H3,(H,43,47). The van der Waals surface area contributed by atoms with Crippen LogP contribution < -0.4 is 5.32 Å². The first-order chi connectivity index (χ1) is 25.9. The van der Waals surface area contributed by atoms with E-state index in [9.17, 15) is 24.3 Å². The van der Waals surface area contributed by atoms with Gasteiger partial charge in [0.15, 0.2) is 0 Å². The summed E-state index contributed by atoms with van der Waals surface area (Å²) in [5.74, 6) is -1.41. The van der Waals surface area contributed by atoms with Crippen LogP contribution in [-0.4, -0.2) is 102 Å². The molecule has 2 aliphatic heterocycles. The Kier molecular flexibility index (Phi) is 12.7. The van der Waals surface area contributed by atoms with Crippen molar-refractivity contribution < 1.29 is 48.0 Å². The molecule has 12 nitrogen and oxygen atoms in total. The van der Waals surface area contributed by atoms with Gasteiger partial charge >= 0.3 is 11.9 Å². The zero-order chi connectivity index (χ0) is 38.4. The Labute approximate surface area is 316 Å². The highest BCUT2D eigenvalue weighted by molar-refractivity contribution is 5.97. The van der Waals surface area contributed by atoms with E-state index in [-0.39, 0.29) is 32.5 Å². The average molecular weight is 745 g/mol. The monoisotopic (exact) mass is 744 g/mol. The van der Waals surface area contributed by atoms with Crippen LogP contribution in [0.5, 0.6) is 0 Å². The van der Waals surface area contributed by atoms with Crippen molar-refractivity contribution in [2.45, 2.75) is 114 Å². The SMILES string of the molecule is CN(C(=O)C1=CC2OCOC2C(OC(=O)c2ccc(C=CC3CCC4OC4C3)cc2)C1)C(Cc1ccccc1)C(=O)NC(CO)CCC(=O)OC(C)(C)C. The van der Waals surface area contributed by atoms with Crippen LogP contribution in [0.15, 0.2) is 72.3 Å². The highest BCUT2D eigenvalue weighted by Crippen LogP contribution is 2.40. The summed E-state index contributed by atoms with van der Waals surface area (Å²) in [4.78, 5) is 55.1. The van der Waals surface area contributed by atoms with Crippen molar-refractivity contribution in [3.05, 3.63) is 89.0 Å². The maximum atomic E-state index is 14.2. The van der Waals surface area contributed by atoms with Crippen molar-refractivity contribution in [2.75, 3.05) is 20.4 Å². The largest absolute Gasteiger partial charge is 0.460 e. The minimum absolute atomic E-state index is 0.00299. The van der Waals surface area contributed by atoms with E-state index >= 15 is 0 Å². The number of allylic oxidation sites excluding steroid dienone is 1. The molecule has 12 heteroatoms.